The summed E-state index contributed by atoms with van der Waals surface area (Å²) in [5.41, 5.74) is 1.87. The third kappa shape index (κ3) is 7.46. The molecule has 0 bridgehead atoms. The van der Waals surface area contributed by atoms with Crippen molar-refractivity contribution in [2.24, 2.45) is 0 Å². The second-order valence-electron chi connectivity index (χ2n) is 10.7. The zero-order valence-corrected chi connectivity index (χ0v) is 25.5. The zero-order valence-electron chi connectivity index (χ0n) is 24.7. The summed E-state index contributed by atoms with van der Waals surface area (Å²) in [6, 6.07) is 3.50. The fourth-order valence-corrected chi connectivity index (χ4v) is 5.69. The topological polar surface area (TPSA) is 100 Å². The van der Waals surface area contributed by atoms with Crippen LogP contribution in [0.2, 0.25) is 0 Å². The van der Waals surface area contributed by atoms with E-state index in [2.05, 4.69) is 5.32 Å². The monoisotopic (exact) mass is 621 g/mol. The molecule has 8 nitrogen and oxygen atoms in total. The van der Waals surface area contributed by atoms with Gasteiger partial charge in [0.25, 0.3) is 11.1 Å². The van der Waals surface area contributed by atoms with E-state index in [1.807, 2.05) is 20.8 Å². The molecule has 43 heavy (non-hydrogen) atoms. The molecular weight excluding hydrogens is 587 g/mol. The van der Waals surface area contributed by atoms with Gasteiger partial charge in [0.15, 0.2) is 0 Å². The molecule has 232 valence electrons. The van der Waals surface area contributed by atoms with Crippen LogP contribution in [0.4, 0.5) is 18.0 Å². The number of alkyl halides is 3. The minimum absolute atomic E-state index is 0.0137. The van der Waals surface area contributed by atoms with Crippen molar-refractivity contribution in [3.8, 4) is 17.2 Å². The number of fused-ring (bicyclic) bond motifs is 1. The smallest absolute Gasteiger partial charge is 0.419 e. The summed E-state index contributed by atoms with van der Waals surface area (Å²) in [4.78, 5) is 34.9. The molecule has 12 heteroatoms. The first kappa shape index (κ1) is 32.2. The Labute approximate surface area is 252 Å². The predicted molar refractivity (Wildman–Crippen MR) is 155 cm³/mol. The van der Waals surface area contributed by atoms with Crippen molar-refractivity contribution in [3.05, 3.63) is 56.5 Å². The molecule has 1 atom stereocenters. The molecule has 1 saturated heterocycles. The van der Waals surface area contributed by atoms with E-state index >= 15 is 0 Å². The summed E-state index contributed by atoms with van der Waals surface area (Å²) >= 11 is 0.628. The second kappa shape index (κ2) is 12.9. The molecule has 0 radical (unpaired) electrons. The fraction of sp³-hybridized carbons (Fsp3) is 0.452. The number of amides is 2. The summed E-state index contributed by atoms with van der Waals surface area (Å²) in [6.07, 6.45) is -1.59. The van der Waals surface area contributed by atoms with Gasteiger partial charge < -0.3 is 18.9 Å². The lowest BCUT2D eigenvalue weighted by atomic mass is 9.87. The van der Waals surface area contributed by atoms with Gasteiger partial charge in [-0.3, -0.25) is 19.7 Å². The second-order valence-corrected chi connectivity index (χ2v) is 11.7. The number of imide groups is 1. The van der Waals surface area contributed by atoms with Crippen molar-refractivity contribution in [2.45, 2.75) is 72.1 Å². The first-order chi connectivity index (χ1) is 20.2. The minimum atomic E-state index is -4.72. The van der Waals surface area contributed by atoms with Crippen LogP contribution in [0.1, 0.15) is 66.5 Å². The molecule has 2 heterocycles. The Hall–Kier alpha value is -3.67. The summed E-state index contributed by atoms with van der Waals surface area (Å²) < 4.78 is 65.2. The SMILES string of the molecule is CCOC(=O)CCCOc1c(C)c(C)c2c(c1C)CC[C@@](C)(COc1ccc(/C=C3/SC(=O)NC3=O)cc1C(F)(F)F)O2. The molecule has 2 aliphatic heterocycles. The lowest BCUT2D eigenvalue weighted by molar-refractivity contribution is -0.143. The summed E-state index contributed by atoms with van der Waals surface area (Å²) in [7, 11) is 0. The number of benzene rings is 2. The number of hydrogen-bond acceptors (Lipinski definition) is 8. The van der Waals surface area contributed by atoms with Crippen molar-refractivity contribution in [2.75, 3.05) is 19.8 Å². The quantitative estimate of drug-likeness (QED) is 0.175. The molecule has 0 saturated carbocycles. The van der Waals surface area contributed by atoms with E-state index in [1.54, 1.807) is 13.8 Å². The highest BCUT2D eigenvalue weighted by Crippen LogP contribution is 2.44. The third-order valence-corrected chi connectivity index (χ3v) is 8.23. The maximum absolute atomic E-state index is 14.0. The zero-order chi connectivity index (χ0) is 31.5. The Morgan fingerprint density at radius 2 is 1.88 bits per heavy atom. The van der Waals surface area contributed by atoms with Crippen LogP contribution < -0.4 is 19.5 Å². The summed E-state index contributed by atoms with van der Waals surface area (Å²) in [5.74, 6) is 0.138. The number of thioether (sulfide) groups is 1. The van der Waals surface area contributed by atoms with E-state index in [4.69, 9.17) is 18.9 Å². The molecule has 0 spiro atoms. The number of ether oxygens (including phenoxy) is 4. The standard InChI is InChI=1S/C31H34F3NO7S/c1-6-39-25(36)8-7-13-40-26-17(2)18(3)27-21(19(26)4)11-12-30(5,42-27)16-41-23-10-9-20(14-22(23)31(32,33)34)15-24-28(37)35-29(38)43-24/h9-10,14-15H,6-8,11-13,16H2,1-5H3,(H,35,37,38)/b24-15+/t30-/m0/s1. The molecule has 2 aromatic rings. The van der Waals surface area contributed by atoms with E-state index in [9.17, 15) is 27.6 Å². The molecule has 2 aromatic carbocycles. The van der Waals surface area contributed by atoms with Crippen LogP contribution in [-0.4, -0.2) is 42.5 Å². The van der Waals surface area contributed by atoms with Crippen molar-refractivity contribution in [1.29, 1.82) is 0 Å². The number of nitrogens with one attached hydrogen (secondary N) is 1. The summed E-state index contributed by atoms with van der Waals surface area (Å²) in [5, 5.41) is 1.50. The van der Waals surface area contributed by atoms with Crippen LogP contribution in [0, 0.1) is 20.8 Å². The minimum Gasteiger partial charge on any atom is -0.493 e. The van der Waals surface area contributed by atoms with E-state index in [1.165, 1.54) is 18.2 Å². The highest BCUT2D eigenvalue weighted by molar-refractivity contribution is 8.18. The maximum Gasteiger partial charge on any atom is 0.419 e. The average Bonchev–Trinajstić information content (AvgIpc) is 3.26. The van der Waals surface area contributed by atoms with Crippen molar-refractivity contribution >= 4 is 35.0 Å². The maximum atomic E-state index is 14.0. The third-order valence-electron chi connectivity index (χ3n) is 7.42. The van der Waals surface area contributed by atoms with Gasteiger partial charge in [0.05, 0.1) is 23.7 Å². The van der Waals surface area contributed by atoms with Crippen LogP contribution in [0.5, 0.6) is 17.2 Å². The lowest BCUT2D eigenvalue weighted by Gasteiger charge is -2.38. The van der Waals surface area contributed by atoms with E-state index in [0.717, 1.165) is 34.1 Å². The Kier molecular flexibility index (Phi) is 9.68. The number of carbonyl (C=O) groups is 3. The Bertz CT molecular complexity index is 1470. The molecule has 4 rings (SSSR count). The van der Waals surface area contributed by atoms with Crippen LogP contribution in [0.25, 0.3) is 6.08 Å². The van der Waals surface area contributed by atoms with Crippen LogP contribution >= 0.6 is 11.8 Å². The molecule has 2 aliphatic rings. The van der Waals surface area contributed by atoms with Gasteiger partial charge >= 0.3 is 12.1 Å². The Morgan fingerprint density at radius 3 is 2.53 bits per heavy atom. The fourth-order valence-electron chi connectivity index (χ4n) is 5.01. The van der Waals surface area contributed by atoms with Gasteiger partial charge in [-0.2, -0.15) is 13.2 Å². The van der Waals surface area contributed by atoms with Gasteiger partial charge in [-0.25, -0.2) is 0 Å². The molecule has 1 fully saturated rings. The van der Waals surface area contributed by atoms with Gasteiger partial charge in [-0.05, 0) is 106 Å². The molecule has 0 unspecified atom stereocenters. The summed E-state index contributed by atoms with van der Waals surface area (Å²) in [6.45, 7) is 9.91. The Balaban J connectivity index is 1.49. The predicted octanol–water partition coefficient (Wildman–Crippen LogP) is 6.84. The molecule has 1 N–H and O–H groups in total. The number of halogens is 3. The first-order valence-corrected chi connectivity index (χ1v) is 14.7. The molecule has 0 aliphatic carbocycles. The van der Waals surface area contributed by atoms with Gasteiger partial charge in [-0.15, -0.1) is 0 Å². The highest BCUT2D eigenvalue weighted by atomic mass is 32.2. The van der Waals surface area contributed by atoms with Crippen LogP contribution in [-0.2, 0) is 26.9 Å². The van der Waals surface area contributed by atoms with E-state index < -0.39 is 28.5 Å². The van der Waals surface area contributed by atoms with Crippen molar-refractivity contribution in [1.82, 2.24) is 5.32 Å². The van der Waals surface area contributed by atoms with Crippen LogP contribution in [0.3, 0.4) is 0 Å². The van der Waals surface area contributed by atoms with Crippen molar-refractivity contribution in [3.63, 3.8) is 0 Å². The van der Waals surface area contributed by atoms with E-state index in [0.29, 0.717) is 50.0 Å². The van der Waals surface area contributed by atoms with Gasteiger partial charge in [0.1, 0.15) is 29.5 Å². The average molecular weight is 622 g/mol. The largest absolute Gasteiger partial charge is 0.493 e. The van der Waals surface area contributed by atoms with Gasteiger partial charge in [0.2, 0.25) is 0 Å². The molecule has 2 amide bonds. The first-order valence-electron chi connectivity index (χ1n) is 13.9. The molecular formula is C31H34F3NO7S. The van der Waals surface area contributed by atoms with Crippen molar-refractivity contribution < 1.29 is 46.5 Å². The Morgan fingerprint density at radius 1 is 1.14 bits per heavy atom. The normalized spacial score (nSPS) is 19.1. The highest BCUT2D eigenvalue weighted by Gasteiger charge is 2.38. The number of hydrogen-bond donors (Lipinski definition) is 1. The number of esters is 1. The van der Waals surface area contributed by atoms with E-state index in [-0.39, 0.29) is 35.2 Å². The van der Waals surface area contributed by atoms with Crippen LogP contribution in [0.15, 0.2) is 23.1 Å². The molecule has 0 aromatic heterocycles. The van der Waals surface area contributed by atoms with Gasteiger partial charge in [0, 0.05) is 12.0 Å². The number of rotatable bonds is 10. The van der Waals surface area contributed by atoms with Gasteiger partial charge in [-0.1, -0.05) is 6.07 Å². The number of carbonyl (C=O) groups excluding carboxylic acids is 3. The lowest BCUT2D eigenvalue weighted by Crippen LogP contribution is -2.42.